The number of carbonyl (C=O) groups is 1. The van der Waals surface area contributed by atoms with Crippen LogP contribution >= 0.6 is 11.8 Å². The molecule has 0 saturated heterocycles. The van der Waals surface area contributed by atoms with E-state index in [1.54, 1.807) is 12.1 Å². The molecule has 0 aliphatic heterocycles. The van der Waals surface area contributed by atoms with Gasteiger partial charge in [0, 0.05) is 24.8 Å². The first-order valence-corrected chi connectivity index (χ1v) is 5.45. The van der Waals surface area contributed by atoms with Gasteiger partial charge >= 0.3 is 0 Å². The van der Waals surface area contributed by atoms with E-state index in [0.717, 1.165) is 12.0 Å². The SMILES string of the molecule is CC(=O)SCCc1ccc([N+](=O)[O-])cc1. The molecule has 1 aromatic carbocycles. The summed E-state index contributed by atoms with van der Waals surface area (Å²) in [4.78, 5) is 20.6. The number of nitro benzene ring substituents is 1. The number of nitro groups is 1. The van der Waals surface area contributed by atoms with Crippen LogP contribution in [0.1, 0.15) is 12.5 Å². The van der Waals surface area contributed by atoms with Crippen LogP contribution < -0.4 is 0 Å². The Kier molecular flexibility index (Phi) is 4.30. The van der Waals surface area contributed by atoms with Gasteiger partial charge in [0.25, 0.3) is 5.69 Å². The lowest BCUT2D eigenvalue weighted by atomic mass is 10.1. The summed E-state index contributed by atoms with van der Waals surface area (Å²) >= 11 is 1.26. The molecule has 0 aromatic heterocycles. The van der Waals surface area contributed by atoms with Crippen LogP contribution in [0.4, 0.5) is 5.69 Å². The summed E-state index contributed by atoms with van der Waals surface area (Å²) in [5.41, 5.74) is 1.10. The van der Waals surface area contributed by atoms with E-state index in [1.807, 2.05) is 0 Å². The molecule has 1 rings (SSSR count). The van der Waals surface area contributed by atoms with Gasteiger partial charge in [0.2, 0.25) is 0 Å². The zero-order chi connectivity index (χ0) is 11.3. The number of aryl methyl sites for hydroxylation is 1. The van der Waals surface area contributed by atoms with Gasteiger partial charge in [0.05, 0.1) is 4.92 Å². The van der Waals surface area contributed by atoms with Crippen LogP contribution in [0.25, 0.3) is 0 Å². The smallest absolute Gasteiger partial charge is 0.269 e. The lowest BCUT2D eigenvalue weighted by molar-refractivity contribution is -0.384. The molecule has 4 nitrogen and oxygen atoms in total. The second-order valence-corrected chi connectivity index (χ2v) is 4.29. The minimum absolute atomic E-state index is 0.0944. The van der Waals surface area contributed by atoms with Crippen molar-refractivity contribution in [2.45, 2.75) is 13.3 Å². The van der Waals surface area contributed by atoms with Crippen molar-refractivity contribution >= 4 is 22.6 Å². The van der Waals surface area contributed by atoms with Gasteiger partial charge in [-0.3, -0.25) is 14.9 Å². The van der Waals surface area contributed by atoms with Gasteiger partial charge < -0.3 is 0 Å². The van der Waals surface area contributed by atoms with Crippen molar-refractivity contribution in [3.05, 3.63) is 39.9 Å². The van der Waals surface area contributed by atoms with Crippen molar-refractivity contribution in [2.24, 2.45) is 0 Å². The van der Waals surface area contributed by atoms with Crippen molar-refractivity contribution in [1.82, 2.24) is 0 Å². The lowest BCUT2D eigenvalue weighted by Crippen LogP contribution is -1.93. The maximum atomic E-state index is 10.7. The van der Waals surface area contributed by atoms with E-state index in [0.29, 0.717) is 5.75 Å². The maximum absolute atomic E-state index is 10.7. The van der Waals surface area contributed by atoms with Crippen LogP contribution in [0.5, 0.6) is 0 Å². The van der Waals surface area contributed by atoms with Crippen molar-refractivity contribution in [2.75, 3.05) is 5.75 Å². The van der Waals surface area contributed by atoms with E-state index in [9.17, 15) is 14.9 Å². The van der Waals surface area contributed by atoms with Crippen molar-refractivity contribution in [1.29, 1.82) is 0 Å². The summed E-state index contributed by atoms with van der Waals surface area (Å²) in [6, 6.07) is 6.40. The zero-order valence-corrected chi connectivity index (χ0v) is 9.12. The van der Waals surface area contributed by atoms with E-state index in [4.69, 9.17) is 0 Å². The van der Waals surface area contributed by atoms with Crippen LogP contribution in [0, 0.1) is 10.1 Å². The molecule has 0 aliphatic carbocycles. The molecule has 0 saturated carbocycles. The predicted molar refractivity (Wildman–Crippen MR) is 59.9 cm³/mol. The van der Waals surface area contributed by atoms with E-state index < -0.39 is 4.92 Å². The number of carbonyl (C=O) groups excluding carboxylic acids is 1. The standard InChI is InChI=1S/C10H11NO3S/c1-8(12)15-7-6-9-2-4-10(5-3-9)11(13)14/h2-5H,6-7H2,1H3. The Bertz CT molecular complexity index is 361. The average molecular weight is 225 g/mol. The first-order valence-electron chi connectivity index (χ1n) is 4.46. The first kappa shape index (κ1) is 11.7. The largest absolute Gasteiger partial charge is 0.288 e. The molecule has 80 valence electrons. The van der Waals surface area contributed by atoms with Crippen LogP contribution in [0.2, 0.25) is 0 Å². The maximum Gasteiger partial charge on any atom is 0.269 e. The monoisotopic (exact) mass is 225 g/mol. The highest BCUT2D eigenvalue weighted by Crippen LogP contribution is 2.13. The summed E-state index contributed by atoms with van der Waals surface area (Å²) in [5.74, 6) is 0.715. The van der Waals surface area contributed by atoms with Crippen LogP contribution in [0.15, 0.2) is 24.3 Å². The number of thioether (sulfide) groups is 1. The van der Waals surface area contributed by atoms with E-state index in [-0.39, 0.29) is 10.8 Å². The molecule has 15 heavy (non-hydrogen) atoms. The van der Waals surface area contributed by atoms with Gasteiger partial charge in [0.1, 0.15) is 0 Å². The van der Waals surface area contributed by atoms with Gasteiger partial charge in [-0.2, -0.15) is 0 Å². The number of benzene rings is 1. The van der Waals surface area contributed by atoms with Crippen molar-refractivity contribution in [3.8, 4) is 0 Å². The normalized spacial score (nSPS) is 9.93. The molecule has 0 fully saturated rings. The Morgan fingerprint density at radius 1 is 1.40 bits per heavy atom. The summed E-state index contributed by atoms with van der Waals surface area (Å²) < 4.78 is 0. The Morgan fingerprint density at radius 2 is 2.00 bits per heavy atom. The molecule has 0 atom stereocenters. The molecule has 0 heterocycles. The van der Waals surface area contributed by atoms with Gasteiger partial charge in [-0.1, -0.05) is 23.9 Å². The van der Waals surface area contributed by atoms with E-state index >= 15 is 0 Å². The van der Waals surface area contributed by atoms with Crippen LogP contribution in [0.3, 0.4) is 0 Å². The molecule has 0 bridgehead atoms. The molecule has 0 aliphatic rings. The Hall–Kier alpha value is -1.36. The third-order valence-corrected chi connectivity index (χ3v) is 2.66. The molecule has 0 spiro atoms. The number of hydrogen-bond acceptors (Lipinski definition) is 4. The minimum Gasteiger partial charge on any atom is -0.288 e. The zero-order valence-electron chi connectivity index (χ0n) is 8.30. The Morgan fingerprint density at radius 3 is 2.47 bits per heavy atom. The second kappa shape index (κ2) is 5.50. The molecule has 0 N–H and O–H groups in total. The molecular formula is C10H11NO3S. The number of non-ortho nitro benzene ring substituents is 1. The number of nitrogens with zero attached hydrogens (tertiary/aromatic N) is 1. The third kappa shape index (κ3) is 4.12. The fourth-order valence-corrected chi connectivity index (χ4v) is 1.72. The highest BCUT2D eigenvalue weighted by atomic mass is 32.2. The molecule has 5 heteroatoms. The minimum atomic E-state index is -0.423. The highest BCUT2D eigenvalue weighted by Gasteiger charge is 2.03. The van der Waals surface area contributed by atoms with Crippen molar-refractivity contribution in [3.63, 3.8) is 0 Å². The molecule has 0 radical (unpaired) electrons. The van der Waals surface area contributed by atoms with E-state index in [1.165, 1.54) is 30.8 Å². The average Bonchev–Trinajstić information content (AvgIpc) is 2.18. The van der Waals surface area contributed by atoms with E-state index in [2.05, 4.69) is 0 Å². The van der Waals surface area contributed by atoms with Gasteiger partial charge in [0.15, 0.2) is 5.12 Å². The van der Waals surface area contributed by atoms with Crippen molar-refractivity contribution < 1.29 is 9.72 Å². The Balaban J connectivity index is 2.50. The van der Waals surface area contributed by atoms with Crippen LogP contribution in [-0.2, 0) is 11.2 Å². The van der Waals surface area contributed by atoms with Gasteiger partial charge in [-0.15, -0.1) is 0 Å². The fraction of sp³-hybridized carbons (Fsp3) is 0.300. The van der Waals surface area contributed by atoms with Gasteiger partial charge in [-0.25, -0.2) is 0 Å². The molecule has 0 amide bonds. The summed E-state index contributed by atoms with van der Waals surface area (Å²) in [5, 5.41) is 10.5. The molecule has 0 unspecified atom stereocenters. The molecular weight excluding hydrogens is 214 g/mol. The topological polar surface area (TPSA) is 60.2 Å². The third-order valence-electron chi connectivity index (χ3n) is 1.84. The number of hydrogen-bond donors (Lipinski definition) is 0. The summed E-state index contributed by atoms with van der Waals surface area (Å²) in [6.07, 6.45) is 0.752. The summed E-state index contributed by atoms with van der Waals surface area (Å²) in [7, 11) is 0. The van der Waals surface area contributed by atoms with Crippen LogP contribution in [-0.4, -0.2) is 15.8 Å². The molecule has 1 aromatic rings. The Labute approximate surface area is 91.8 Å². The fourth-order valence-electron chi connectivity index (χ4n) is 1.10. The highest BCUT2D eigenvalue weighted by molar-refractivity contribution is 8.13. The first-order chi connectivity index (χ1) is 7.09. The lowest BCUT2D eigenvalue weighted by Gasteiger charge is -1.99. The second-order valence-electron chi connectivity index (χ2n) is 3.01. The number of rotatable bonds is 4. The predicted octanol–water partition coefficient (Wildman–Crippen LogP) is 2.42. The summed E-state index contributed by atoms with van der Waals surface area (Å²) in [6.45, 7) is 1.53. The quantitative estimate of drug-likeness (QED) is 0.583. The van der Waals surface area contributed by atoms with Gasteiger partial charge in [-0.05, 0) is 12.0 Å².